The van der Waals surface area contributed by atoms with Crippen molar-refractivity contribution in [2.45, 2.75) is 44.2 Å². The van der Waals surface area contributed by atoms with Crippen LogP contribution in [0, 0.1) is 5.92 Å². The van der Waals surface area contributed by atoms with E-state index in [1.807, 2.05) is 6.92 Å². The lowest BCUT2D eigenvalue weighted by atomic mass is 9.73. The molecule has 4 amide bonds. The maximum atomic E-state index is 13.2. The lowest BCUT2D eigenvalue weighted by Gasteiger charge is -2.36. The molecule has 4 rings (SSSR count). The van der Waals surface area contributed by atoms with Gasteiger partial charge in [-0.1, -0.05) is 50.1 Å². The Balaban J connectivity index is 1.48. The van der Waals surface area contributed by atoms with Crippen LogP contribution in [0.1, 0.15) is 44.3 Å². The summed E-state index contributed by atoms with van der Waals surface area (Å²) in [4.78, 5) is 52.6. The molecule has 2 aromatic carbocycles. The fraction of sp³-hybridized carbons (Fsp3) is 0.385. The molecule has 35 heavy (non-hydrogen) atoms. The van der Waals surface area contributed by atoms with Gasteiger partial charge in [-0.15, -0.1) is 0 Å². The van der Waals surface area contributed by atoms with Crippen molar-refractivity contribution in [3.8, 4) is 5.75 Å². The number of nitrogens with one attached hydrogen (secondary N) is 2. The first-order chi connectivity index (χ1) is 16.8. The van der Waals surface area contributed by atoms with E-state index in [1.165, 1.54) is 0 Å². The number of rotatable bonds is 7. The van der Waals surface area contributed by atoms with Crippen molar-refractivity contribution in [3.05, 3.63) is 60.2 Å². The van der Waals surface area contributed by atoms with Gasteiger partial charge in [0.1, 0.15) is 17.8 Å². The number of amides is 4. The highest BCUT2D eigenvalue weighted by atomic mass is 16.5. The minimum atomic E-state index is -1.27. The van der Waals surface area contributed by atoms with E-state index in [0.29, 0.717) is 23.4 Å². The highest BCUT2D eigenvalue weighted by Crippen LogP contribution is 2.38. The Kier molecular flexibility index (Phi) is 7.04. The maximum Gasteiger partial charge on any atom is 0.327 e. The summed E-state index contributed by atoms with van der Waals surface area (Å²) in [5, 5.41) is 5.54. The molecule has 2 fully saturated rings. The highest BCUT2D eigenvalue weighted by molar-refractivity contribution is 6.09. The summed E-state index contributed by atoms with van der Waals surface area (Å²) in [6, 6.07) is 14.7. The number of methoxy groups -OCH3 is 1. The Hall–Kier alpha value is -3.88. The number of carbonyl (C=O) groups excluding carboxylic acids is 4. The van der Waals surface area contributed by atoms with Gasteiger partial charge in [0.05, 0.1) is 7.11 Å². The first-order valence-corrected chi connectivity index (χ1v) is 11.7. The molecule has 1 heterocycles. The molecule has 2 aliphatic rings. The number of ether oxygens (including phenoxy) is 2. The molecule has 0 radical (unpaired) electrons. The van der Waals surface area contributed by atoms with Crippen molar-refractivity contribution in [1.29, 1.82) is 0 Å². The van der Waals surface area contributed by atoms with Crippen molar-refractivity contribution in [3.63, 3.8) is 0 Å². The predicted octanol–water partition coefficient (Wildman–Crippen LogP) is 3.42. The van der Waals surface area contributed by atoms with Crippen LogP contribution in [0.3, 0.4) is 0 Å². The largest absolute Gasteiger partial charge is 0.497 e. The molecule has 3 atom stereocenters. The van der Waals surface area contributed by atoms with E-state index in [1.54, 1.807) is 61.7 Å². The maximum absolute atomic E-state index is 13.2. The fourth-order valence-electron chi connectivity index (χ4n) is 4.72. The summed E-state index contributed by atoms with van der Waals surface area (Å²) in [6.45, 7) is 1.37. The molecule has 1 saturated heterocycles. The van der Waals surface area contributed by atoms with Crippen LogP contribution < -0.4 is 15.4 Å². The van der Waals surface area contributed by atoms with E-state index in [9.17, 15) is 19.2 Å². The van der Waals surface area contributed by atoms with E-state index in [-0.39, 0.29) is 5.92 Å². The third-order valence-electron chi connectivity index (χ3n) is 6.74. The SMILES string of the molecule is COc1ccc(NC(=O)C(OC(=O)CN2C(=O)NC3(CCCCC3C)C2=O)c2ccccc2)cc1. The minimum absolute atomic E-state index is 0.0268. The van der Waals surface area contributed by atoms with Crippen LogP contribution in [0.4, 0.5) is 10.5 Å². The van der Waals surface area contributed by atoms with Crippen molar-refractivity contribution in [2.24, 2.45) is 5.92 Å². The summed E-state index contributed by atoms with van der Waals surface area (Å²) >= 11 is 0. The molecule has 1 aliphatic carbocycles. The molecule has 2 N–H and O–H groups in total. The lowest BCUT2D eigenvalue weighted by Crippen LogP contribution is -2.54. The molecule has 184 valence electrons. The predicted molar refractivity (Wildman–Crippen MR) is 128 cm³/mol. The zero-order valence-electron chi connectivity index (χ0n) is 19.8. The average molecular weight is 480 g/mol. The monoisotopic (exact) mass is 479 g/mol. The van der Waals surface area contributed by atoms with Gasteiger partial charge in [-0.3, -0.25) is 19.3 Å². The standard InChI is InChI=1S/C26H29N3O6/c1-17-8-6-7-15-26(17)24(32)29(25(33)28-26)16-21(30)35-22(18-9-4-3-5-10-18)23(31)27-19-11-13-20(34-2)14-12-19/h3-5,9-14,17,22H,6-8,15-16H2,1-2H3,(H,27,31)(H,28,33). The summed E-state index contributed by atoms with van der Waals surface area (Å²) in [5.74, 6) is -1.23. The smallest absolute Gasteiger partial charge is 0.327 e. The number of nitrogens with zero attached hydrogens (tertiary/aromatic N) is 1. The van der Waals surface area contributed by atoms with Gasteiger partial charge in [0.15, 0.2) is 0 Å². The van der Waals surface area contributed by atoms with Crippen LogP contribution in [-0.2, 0) is 19.1 Å². The van der Waals surface area contributed by atoms with Crippen LogP contribution >= 0.6 is 0 Å². The number of carbonyl (C=O) groups is 4. The van der Waals surface area contributed by atoms with Crippen molar-refractivity contribution < 1.29 is 28.7 Å². The summed E-state index contributed by atoms with van der Waals surface area (Å²) in [7, 11) is 1.54. The zero-order valence-corrected chi connectivity index (χ0v) is 19.8. The van der Waals surface area contributed by atoms with Gasteiger partial charge in [-0.25, -0.2) is 4.79 Å². The second-order valence-corrected chi connectivity index (χ2v) is 8.94. The number of esters is 1. The number of anilines is 1. The third kappa shape index (κ3) is 4.99. The van der Waals surface area contributed by atoms with Crippen molar-refractivity contribution >= 4 is 29.5 Å². The number of hydrogen-bond acceptors (Lipinski definition) is 6. The fourth-order valence-corrected chi connectivity index (χ4v) is 4.72. The first kappa shape index (κ1) is 24.3. The molecule has 3 unspecified atom stereocenters. The number of benzene rings is 2. The van der Waals surface area contributed by atoms with Gasteiger partial charge in [0, 0.05) is 11.3 Å². The van der Waals surface area contributed by atoms with Crippen LogP contribution in [0.15, 0.2) is 54.6 Å². The summed E-state index contributed by atoms with van der Waals surface area (Å²) in [5.41, 5.74) is -0.0169. The van der Waals surface area contributed by atoms with Crippen LogP contribution in [0.2, 0.25) is 0 Å². The van der Waals surface area contributed by atoms with E-state index >= 15 is 0 Å². The van der Waals surface area contributed by atoms with Gasteiger partial charge in [0.2, 0.25) is 6.10 Å². The van der Waals surface area contributed by atoms with E-state index in [2.05, 4.69) is 10.6 Å². The van der Waals surface area contributed by atoms with E-state index in [4.69, 9.17) is 9.47 Å². The molecule has 9 heteroatoms. The Morgan fingerprint density at radius 1 is 1.11 bits per heavy atom. The second-order valence-electron chi connectivity index (χ2n) is 8.94. The lowest BCUT2D eigenvalue weighted by molar-refractivity contribution is -0.157. The Bertz CT molecular complexity index is 1100. The van der Waals surface area contributed by atoms with Crippen LogP contribution in [-0.4, -0.2) is 47.9 Å². The van der Waals surface area contributed by atoms with Gasteiger partial charge >= 0.3 is 12.0 Å². The Labute approximate surface area is 203 Å². The Morgan fingerprint density at radius 2 is 1.83 bits per heavy atom. The van der Waals surface area contributed by atoms with E-state index in [0.717, 1.165) is 24.2 Å². The van der Waals surface area contributed by atoms with Crippen molar-refractivity contribution in [2.75, 3.05) is 19.0 Å². The quantitative estimate of drug-likeness (QED) is 0.465. The highest BCUT2D eigenvalue weighted by Gasteiger charge is 2.55. The molecule has 2 aromatic rings. The van der Waals surface area contributed by atoms with Gasteiger partial charge < -0.3 is 20.1 Å². The first-order valence-electron chi connectivity index (χ1n) is 11.7. The normalized spacial score (nSPS) is 22.5. The Morgan fingerprint density at radius 3 is 2.49 bits per heavy atom. The second kappa shape index (κ2) is 10.2. The van der Waals surface area contributed by atoms with E-state index < -0.39 is 42.0 Å². The zero-order chi connectivity index (χ0) is 25.0. The molecular formula is C26H29N3O6. The van der Waals surface area contributed by atoms with Gasteiger partial charge in [-0.2, -0.15) is 0 Å². The number of urea groups is 1. The number of hydrogen-bond donors (Lipinski definition) is 2. The van der Waals surface area contributed by atoms with Gasteiger partial charge in [0.25, 0.3) is 11.8 Å². The molecule has 0 bridgehead atoms. The average Bonchev–Trinajstić information content (AvgIpc) is 3.10. The molecule has 0 aromatic heterocycles. The summed E-state index contributed by atoms with van der Waals surface area (Å²) < 4.78 is 10.7. The van der Waals surface area contributed by atoms with Gasteiger partial charge in [-0.05, 0) is 43.0 Å². The van der Waals surface area contributed by atoms with Crippen molar-refractivity contribution in [1.82, 2.24) is 10.2 Å². The molecular weight excluding hydrogens is 450 g/mol. The third-order valence-corrected chi connectivity index (χ3v) is 6.74. The molecule has 9 nitrogen and oxygen atoms in total. The molecule has 1 spiro atoms. The van der Waals surface area contributed by atoms with Crippen LogP contribution in [0.5, 0.6) is 5.75 Å². The molecule has 1 aliphatic heterocycles. The number of imide groups is 1. The van der Waals surface area contributed by atoms with Crippen LogP contribution in [0.25, 0.3) is 0 Å². The summed E-state index contributed by atoms with van der Waals surface area (Å²) in [6.07, 6.45) is 1.92. The molecule has 1 saturated carbocycles. The topological polar surface area (TPSA) is 114 Å². The minimum Gasteiger partial charge on any atom is -0.497 e.